The molecule has 3 aromatic rings. The van der Waals surface area contributed by atoms with Crippen LogP contribution in [0.2, 0.25) is 5.02 Å². The maximum Gasteiger partial charge on any atom is 0.292 e. The van der Waals surface area contributed by atoms with Crippen LogP contribution in [0, 0.1) is 0 Å². The van der Waals surface area contributed by atoms with E-state index in [9.17, 15) is 9.59 Å². The van der Waals surface area contributed by atoms with E-state index in [2.05, 4.69) is 10.1 Å². The smallest absolute Gasteiger partial charge is 0.266 e. The van der Waals surface area contributed by atoms with Crippen molar-refractivity contribution >= 4 is 34.0 Å². The molecule has 0 fully saturated rings. The van der Waals surface area contributed by atoms with Gasteiger partial charge in [0, 0.05) is 5.02 Å². The number of benzene rings is 1. The molecule has 0 unspecified atom stereocenters. The van der Waals surface area contributed by atoms with Crippen LogP contribution < -0.4 is 15.7 Å². The van der Waals surface area contributed by atoms with E-state index in [-0.39, 0.29) is 10.5 Å². The van der Waals surface area contributed by atoms with Crippen molar-refractivity contribution in [1.82, 2.24) is 14.6 Å². The summed E-state index contributed by atoms with van der Waals surface area (Å²) in [5.74, 6) is 0. The third-order valence-electron chi connectivity index (χ3n) is 2.47. The number of nitrogens with zero attached hydrogens (tertiary/aromatic N) is 3. The van der Waals surface area contributed by atoms with Crippen LogP contribution in [0.3, 0.4) is 0 Å². The molecule has 1 aromatic carbocycles. The first-order valence-electron chi connectivity index (χ1n) is 5.30. The Morgan fingerprint density at radius 2 is 2.05 bits per heavy atom. The molecule has 0 spiro atoms. The highest BCUT2D eigenvalue weighted by atomic mass is 35.5. The number of hydrogen-bond acceptors (Lipinski definition) is 5. The van der Waals surface area contributed by atoms with Crippen LogP contribution >= 0.6 is 22.9 Å². The Labute approximate surface area is 115 Å². The molecule has 19 heavy (non-hydrogen) atoms. The Bertz CT molecular complexity index is 932. The van der Waals surface area contributed by atoms with Gasteiger partial charge in [-0.1, -0.05) is 41.1 Å². The molecule has 0 N–H and O–H groups in total. The Kier molecular flexibility index (Phi) is 2.88. The van der Waals surface area contributed by atoms with Gasteiger partial charge in [-0.3, -0.25) is 9.59 Å². The molecule has 5 nitrogen and oxygen atoms in total. The van der Waals surface area contributed by atoms with Gasteiger partial charge in [-0.05, 0) is 17.7 Å². The van der Waals surface area contributed by atoms with Gasteiger partial charge >= 0.3 is 0 Å². The molecule has 2 heterocycles. The summed E-state index contributed by atoms with van der Waals surface area (Å²) in [4.78, 5) is 27.2. The number of halogens is 1. The molecule has 0 bridgehead atoms. The van der Waals surface area contributed by atoms with E-state index >= 15 is 0 Å². The minimum absolute atomic E-state index is 0.274. The summed E-state index contributed by atoms with van der Waals surface area (Å²) in [6.45, 7) is 0. The van der Waals surface area contributed by atoms with Crippen LogP contribution in [0.25, 0.3) is 11.0 Å². The molecule has 0 radical (unpaired) electrons. The lowest BCUT2D eigenvalue weighted by Crippen LogP contribution is -2.25. The summed E-state index contributed by atoms with van der Waals surface area (Å²) in [7, 11) is 0. The number of hydrogen-bond donors (Lipinski definition) is 0. The first-order chi connectivity index (χ1) is 9.15. The van der Waals surface area contributed by atoms with Gasteiger partial charge in [0.25, 0.3) is 11.1 Å². The summed E-state index contributed by atoms with van der Waals surface area (Å²) < 4.78 is 1.54. The first-order valence-corrected chi connectivity index (χ1v) is 6.50. The highest BCUT2D eigenvalue weighted by molar-refractivity contribution is 7.15. The van der Waals surface area contributed by atoms with Crippen molar-refractivity contribution in [3.63, 3.8) is 0 Å². The molecule has 0 aliphatic rings. The van der Waals surface area contributed by atoms with Crippen LogP contribution in [-0.2, 0) is 0 Å². The SMILES string of the molecule is O=c1cnn2c(=O)/c(=C\c3ccccc3Cl)sc2n1. The summed E-state index contributed by atoms with van der Waals surface area (Å²) >= 11 is 7.14. The van der Waals surface area contributed by atoms with E-state index in [0.29, 0.717) is 9.55 Å². The number of fused-ring (bicyclic) bond motifs is 1. The maximum absolute atomic E-state index is 12.0. The molecule has 0 atom stereocenters. The molecular weight excluding hydrogens is 286 g/mol. The second kappa shape index (κ2) is 4.56. The van der Waals surface area contributed by atoms with Gasteiger partial charge in [-0.25, -0.2) is 0 Å². The Hall–Kier alpha value is -2.05. The van der Waals surface area contributed by atoms with Crippen molar-refractivity contribution in [3.05, 3.63) is 66.3 Å². The lowest BCUT2D eigenvalue weighted by molar-refractivity contribution is 0.866. The summed E-state index contributed by atoms with van der Waals surface area (Å²) in [5.41, 5.74) is -0.0475. The normalized spacial score (nSPS) is 12.2. The average Bonchev–Trinajstić information content (AvgIpc) is 2.68. The van der Waals surface area contributed by atoms with Crippen molar-refractivity contribution in [2.75, 3.05) is 0 Å². The molecule has 7 heteroatoms. The lowest BCUT2D eigenvalue weighted by Gasteiger charge is -1.93. The molecular formula is C12H6ClN3O2S. The van der Waals surface area contributed by atoms with Gasteiger partial charge in [0.2, 0.25) is 4.96 Å². The fraction of sp³-hybridized carbons (Fsp3) is 0. The van der Waals surface area contributed by atoms with Crippen LogP contribution in [0.1, 0.15) is 5.56 Å². The zero-order valence-electron chi connectivity index (χ0n) is 9.41. The number of thiazole rings is 1. The predicted octanol–water partition coefficient (Wildman–Crippen LogP) is 0.712. The Morgan fingerprint density at radius 1 is 1.26 bits per heavy atom. The topological polar surface area (TPSA) is 64.3 Å². The van der Waals surface area contributed by atoms with Crippen LogP contribution in [0.5, 0.6) is 0 Å². The zero-order chi connectivity index (χ0) is 13.4. The standard InChI is InChI=1S/C12H6ClN3O2S/c13-8-4-2-1-3-7(8)5-9-11(18)16-12(19-9)15-10(17)6-14-16/h1-6H/b9-5+. The average molecular weight is 292 g/mol. The van der Waals surface area contributed by atoms with Gasteiger partial charge in [0.1, 0.15) is 6.20 Å². The highest BCUT2D eigenvalue weighted by Gasteiger charge is 2.06. The van der Waals surface area contributed by atoms with E-state index in [1.165, 1.54) is 0 Å². The summed E-state index contributed by atoms with van der Waals surface area (Å²) in [6, 6.07) is 7.18. The van der Waals surface area contributed by atoms with E-state index in [1.54, 1.807) is 18.2 Å². The van der Waals surface area contributed by atoms with Crippen molar-refractivity contribution in [2.45, 2.75) is 0 Å². The van der Waals surface area contributed by atoms with E-state index < -0.39 is 5.56 Å². The Balaban J connectivity index is 2.32. The summed E-state index contributed by atoms with van der Waals surface area (Å²) in [5, 5.41) is 4.30. The van der Waals surface area contributed by atoms with Crippen LogP contribution in [0.15, 0.2) is 40.1 Å². The molecule has 0 saturated carbocycles. The molecule has 2 aromatic heterocycles. The highest BCUT2D eigenvalue weighted by Crippen LogP contribution is 2.15. The zero-order valence-corrected chi connectivity index (χ0v) is 11.0. The Morgan fingerprint density at radius 3 is 2.84 bits per heavy atom. The first kappa shape index (κ1) is 12.0. The predicted molar refractivity (Wildman–Crippen MR) is 73.6 cm³/mol. The van der Waals surface area contributed by atoms with Crippen LogP contribution in [-0.4, -0.2) is 14.6 Å². The van der Waals surface area contributed by atoms with Gasteiger partial charge in [-0.15, -0.1) is 0 Å². The van der Waals surface area contributed by atoms with E-state index in [0.717, 1.165) is 27.6 Å². The second-order valence-corrected chi connectivity index (χ2v) is 5.14. The van der Waals surface area contributed by atoms with Crippen molar-refractivity contribution < 1.29 is 0 Å². The molecule has 0 aliphatic carbocycles. The molecule has 0 saturated heterocycles. The summed E-state index contributed by atoms with van der Waals surface area (Å²) in [6.07, 6.45) is 2.68. The quantitative estimate of drug-likeness (QED) is 0.662. The minimum Gasteiger partial charge on any atom is -0.266 e. The fourth-order valence-corrected chi connectivity index (χ4v) is 2.70. The number of rotatable bonds is 1. The van der Waals surface area contributed by atoms with E-state index in [4.69, 9.17) is 11.6 Å². The van der Waals surface area contributed by atoms with Gasteiger partial charge in [0.05, 0.1) is 4.53 Å². The third-order valence-corrected chi connectivity index (χ3v) is 3.77. The molecule has 0 aliphatic heterocycles. The lowest BCUT2D eigenvalue weighted by atomic mass is 10.2. The van der Waals surface area contributed by atoms with Gasteiger partial charge < -0.3 is 0 Å². The minimum atomic E-state index is -0.467. The molecule has 94 valence electrons. The monoisotopic (exact) mass is 291 g/mol. The third kappa shape index (κ3) is 2.16. The fourth-order valence-electron chi connectivity index (χ4n) is 1.60. The van der Waals surface area contributed by atoms with E-state index in [1.807, 2.05) is 12.1 Å². The number of aromatic nitrogens is 3. The van der Waals surface area contributed by atoms with Crippen LogP contribution in [0.4, 0.5) is 0 Å². The molecule has 0 amide bonds. The van der Waals surface area contributed by atoms with Crippen molar-refractivity contribution in [1.29, 1.82) is 0 Å². The second-order valence-electron chi connectivity index (χ2n) is 3.73. The maximum atomic E-state index is 12.0. The largest absolute Gasteiger partial charge is 0.292 e. The van der Waals surface area contributed by atoms with Crippen molar-refractivity contribution in [3.8, 4) is 0 Å². The molecule has 3 rings (SSSR count). The van der Waals surface area contributed by atoms with Crippen molar-refractivity contribution in [2.24, 2.45) is 0 Å². The van der Waals surface area contributed by atoms with Gasteiger partial charge in [-0.2, -0.15) is 14.6 Å². The van der Waals surface area contributed by atoms with Gasteiger partial charge in [0.15, 0.2) is 0 Å².